The number of hydrogen-bond acceptors (Lipinski definition) is 4. The zero-order valence-corrected chi connectivity index (χ0v) is 6.62. The highest BCUT2D eigenvalue weighted by Crippen LogP contribution is 2.08. The Kier molecular flexibility index (Phi) is 1.73. The first-order valence-electron chi connectivity index (χ1n) is 3.61. The maximum atomic E-state index is 8.77. The highest BCUT2D eigenvalue weighted by Gasteiger charge is 2.02. The fourth-order valence-electron chi connectivity index (χ4n) is 1.01. The van der Waals surface area contributed by atoms with Crippen LogP contribution in [0, 0.1) is 11.3 Å². The lowest BCUT2D eigenvalue weighted by molar-refractivity contribution is 0.872. The molecule has 0 atom stereocenters. The molecular formula is C8H5N5. The summed E-state index contributed by atoms with van der Waals surface area (Å²) < 4.78 is 1.53. The Bertz CT molecular complexity index is 440. The summed E-state index contributed by atoms with van der Waals surface area (Å²) in [6.07, 6.45) is 6.06. The number of hydrogen-bond donors (Lipinski definition) is 0. The second-order valence-corrected chi connectivity index (χ2v) is 2.34. The van der Waals surface area contributed by atoms with E-state index in [9.17, 15) is 0 Å². The summed E-state index contributed by atoms with van der Waals surface area (Å²) in [5.41, 5.74) is 1.17. The second kappa shape index (κ2) is 3.03. The molecule has 2 aromatic heterocycles. The minimum Gasteiger partial charge on any atom is -0.263 e. The van der Waals surface area contributed by atoms with Gasteiger partial charge < -0.3 is 0 Å². The van der Waals surface area contributed by atoms with Gasteiger partial charge in [0.05, 0.1) is 11.3 Å². The van der Waals surface area contributed by atoms with Gasteiger partial charge in [-0.1, -0.05) is 0 Å². The van der Waals surface area contributed by atoms with Gasteiger partial charge in [0.1, 0.15) is 18.7 Å². The van der Waals surface area contributed by atoms with E-state index in [1.165, 1.54) is 23.5 Å². The van der Waals surface area contributed by atoms with Gasteiger partial charge in [0.25, 0.3) is 0 Å². The molecule has 2 rings (SSSR count). The van der Waals surface area contributed by atoms with Crippen LogP contribution in [0.3, 0.4) is 0 Å². The Morgan fingerprint density at radius 2 is 2.31 bits per heavy atom. The fourth-order valence-corrected chi connectivity index (χ4v) is 1.01. The molecule has 0 N–H and O–H groups in total. The van der Waals surface area contributed by atoms with Crippen LogP contribution in [-0.2, 0) is 0 Å². The minimum absolute atomic E-state index is 0.480. The summed E-state index contributed by atoms with van der Waals surface area (Å²) in [5.74, 6) is 0. The van der Waals surface area contributed by atoms with E-state index in [-0.39, 0.29) is 0 Å². The van der Waals surface area contributed by atoms with Crippen LogP contribution in [-0.4, -0.2) is 19.7 Å². The molecule has 2 heterocycles. The predicted molar refractivity (Wildman–Crippen MR) is 43.9 cm³/mol. The van der Waals surface area contributed by atoms with E-state index < -0.39 is 0 Å². The molecule has 0 radical (unpaired) electrons. The van der Waals surface area contributed by atoms with Crippen LogP contribution in [0.25, 0.3) is 5.69 Å². The van der Waals surface area contributed by atoms with Gasteiger partial charge in [0.2, 0.25) is 0 Å². The lowest BCUT2D eigenvalue weighted by Gasteiger charge is -2.00. The maximum absolute atomic E-state index is 8.77. The standard InChI is InChI=1S/C8H5N5/c9-3-7-4-10-2-1-8(7)13-6-11-5-12-13/h1-2,4-6H. The van der Waals surface area contributed by atoms with Crippen LogP contribution in [0.1, 0.15) is 5.56 Å². The highest BCUT2D eigenvalue weighted by atomic mass is 15.3. The fraction of sp³-hybridized carbons (Fsp3) is 0. The summed E-state index contributed by atoms with van der Waals surface area (Å²) in [7, 11) is 0. The Morgan fingerprint density at radius 3 is 3.00 bits per heavy atom. The summed E-state index contributed by atoms with van der Waals surface area (Å²) >= 11 is 0. The van der Waals surface area contributed by atoms with E-state index in [4.69, 9.17) is 5.26 Å². The average Bonchev–Trinajstić information content (AvgIpc) is 2.70. The van der Waals surface area contributed by atoms with Gasteiger partial charge in [-0.2, -0.15) is 10.4 Å². The number of nitrogens with zero attached hydrogens (tertiary/aromatic N) is 5. The summed E-state index contributed by atoms with van der Waals surface area (Å²) in [6, 6.07) is 3.75. The summed E-state index contributed by atoms with van der Waals surface area (Å²) in [6.45, 7) is 0. The quantitative estimate of drug-likeness (QED) is 0.627. The van der Waals surface area contributed by atoms with Crippen LogP contribution >= 0.6 is 0 Å². The molecule has 0 saturated carbocycles. The van der Waals surface area contributed by atoms with Gasteiger partial charge in [0, 0.05) is 12.4 Å². The molecule has 0 aliphatic heterocycles. The van der Waals surface area contributed by atoms with Crippen molar-refractivity contribution < 1.29 is 0 Å². The average molecular weight is 171 g/mol. The molecule has 5 heteroatoms. The molecule has 62 valence electrons. The van der Waals surface area contributed by atoms with Gasteiger partial charge >= 0.3 is 0 Å². The number of nitriles is 1. The van der Waals surface area contributed by atoms with Gasteiger partial charge in [-0.05, 0) is 6.07 Å². The molecule has 0 aromatic carbocycles. The van der Waals surface area contributed by atoms with Crippen LogP contribution in [0.15, 0.2) is 31.1 Å². The van der Waals surface area contributed by atoms with E-state index in [0.717, 1.165) is 0 Å². The first-order chi connectivity index (χ1) is 6.42. The van der Waals surface area contributed by atoms with E-state index in [0.29, 0.717) is 11.3 Å². The molecule has 0 aliphatic carbocycles. The lowest BCUT2D eigenvalue weighted by atomic mass is 10.2. The van der Waals surface area contributed by atoms with Crippen molar-refractivity contribution in [2.24, 2.45) is 0 Å². The monoisotopic (exact) mass is 171 g/mol. The van der Waals surface area contributed by atoms with E-state index in [2.05, 4.69) is 15.1 Å². The third-order valence-corrected chi connectivity index (χ3v) is 1.58. The van der Waals surface area contributed by atoms with Gasteiger partial charge in [-0.15, -0.1) is 0 Å². The molecule has 5 nitrogen and oxygen atoms in total. The Balaban J connectivity index is 2.59. The Hall–Kier alpha value is -2.22. The third-order valence-electron chi connectivity index (χ3n) is 1.58. The van der Waals surface area contributed by atoms with Crippen molar-refractivity contribution in [3.63, 3.8) is 0 Å². The lowest BCUT2D eigenvalue weighted by Crippen LogP contribution is -1.97. The zero-order chi connectivity index (χ0) is 9.10. The normalized spacial score (nSPS) is 9.46. The number of aromatic nitrogens is 4. The number of rotatable bonds is 1. The van der Waals surface area contributed by atoms with Crippen molar-refractivity contribution in [3.05, 3.63) is 36.7 Å². The Morgan fingerprint density at radius 1 is 1.38 bits per heavy atom. The molecule has 0 amide bonds. The van der Waals surface area contributed by atoms with Crippen molar-refractivity contribution in [2.75, 3.05) is 0 Å². The largest absolute Gasteiger partial charge is 0.263 e. The SMILES string of the molecule is N#Cc1cnccc1-n1cncn1. The topological polar surface area (TPSA) is 67.4 Å². The molecule has 0 saturated heterocycles. The second-order valence-electron chi connectivity index (χ2n) is 2.34. The van der Waals surface area contributed by atoms with E-state index in [1.54, 1.807) is 12.3 Å². The molecular weight excluding hydrogens is 166 g/mol. The van der Waals surface area contributed by atoms with Gasteiger partial charge in [-0.3, -0.25) is 4.98 Å². The van der Waals surface area contributed by atoms with Crippen LogP contribution in [0.2, 0.25) is 0 Å². The molecule has 0 aliphatic rings. The maximum Gasteiger partial charge on any atom is 0.138 e. The summed E-state index contributed by atoms with van der Waals surface area (Å²) in [4.78, 5) is 7.64. The van der Waals surface area contributed by atoms with E-state index >= 15 is 0 Å². The number of pyridine rings is 1. The molecule has 0 unspecified atom stereocenters. The molecule has 0 fully saturated rings. The van der Waals surface area contributed by atoms with Gasteiger partial charge in [-0.25, -0.2) is 9.67 Å². The van der Waals surface area contributed by atoms with Gasteiger partial charge in [0.15, 0.2) is 0 Å². The minimum atomic E-state index is 0.480. The molecule has 0 bridgehead atoms. The van der Waals surface area contributed by atoms with Crippen LogP contribution < -0.4 is 0 Å². The third kappa shape index (κ3) is 1.25. The van der Waals surface area contributed by atoms with Crippen molar-refractivity contribution in [1.82, 2.24) is 19.7 Å². The smallest absolute Gasteiger partial charge is 0.138 e. The van der Waals surface area contributed by atoms with Crippen LogP contribution in [0.4, 0.5) is 0 Å². The first-order valence-corrected chi connectivity index (χ1v) is 3.61. The first kappa shape index (κ1) is 7.43. The zero-order valence-electron chi connectivity index (χ0n) is 6.62. The molecule has 13 heavy (non-hydrogen) atoms. The molecule has 2 aromatic rings. The van der Waals surface area contributed by atoms with Crippen molar-refractivity contribution >= 4 is 0 Å². The van der Waals surface area contributed by atoms with Crippen molar-refractivity contribution in [3.8, 4) is 11.8 Å². The predicted octanol–water partition coefficient (Wildman–Crippen LogP) is 0.534. The Labute approximate surface area is 74.3 Å². The van der Waals surface area contributed by atoms with Crippen LogP contribution in [0.5, 0.6) is 0 Å². The van der Waals surface area contributed by atoms with Crippen molar-refractivity contribution in [1.29, 1.82) is 5.26 Å². The van der Waals surface area contributed by atoms with E-state index in [1.807, 2.05) is 6.07 Å². The molecule has 0 spiro atoms. The summed E-state index contributed by atoms with van der Waals surface area (Å²) in [5, 5.41) is 12.7. The highest BCUT2D eigenvalue weighted by molar-refractivity contribution is 5.45. The van der Waals surface area contributed by atoms with Crippen molar-refractivity contribution in [2.45, 2.75) is 0 Å².